The zero-order chi connectivity index (χ0) is 35.2. The molecule has 0 saturated carbocycles. The number of amides is 4. The maximum Gasteiger partial charge on any atom is 0.268 e. The number of carbonyl (C=O) groups excluding carboxylic acids is 5. The standard InChI is InChI=1S/C37H44N6O5S/c1-20-19-43(35(48)29(36(2,3)4)42-32(46)26-17-21-11-7-8-12-23(21)39-26)30(37(20,5)6)33(47)40-25(18-22-15-16-38-31(22)45)28(44)34-41-24-13-9-10-14-27(24)49-34/h7-14,17,20,22,25,29-30,39H,15-16,18-19H2,1-6H3,(H,38,45)(H,40,47)(H,42,46)/t20-,22+,25+,29-,30-/m1/s1. The number of aromatic nitrogens is 2. The smallest absolute Gasteiger partial charge is 0.268 e. The third-order valence-corrected chi connectivity index (χ3v) is 11.3. The summed E-state index contributed by atoms with van der Waals surface area (Å²) in [4.78, 5) is 78.4. The molecule has 4 heterocycles. The summed E-state index contributed by atoms with van der Waals surface area (Å²) in [6.45, 7) is 12.3. The molecule has 4 amide bonds. The molecule has 2 aromatic heterocycles. The third-order valence-electron chi connectivity index (χ3n) is 10.3. The van der Waals surface area contributed by atoms with Gasteiger partial charge in [0.05, 0.1) is 16.3 Å². The fraction of sp³-hybridized carbons (Fsp3) is 0.459. The lowest BCUT2D eigenvalue weighted by atomic mass is 9.77. The van der Waals surface area contributed by atoms with Crippen LogP contribution in [0.25, 0.3) is 21.1 Å². The Morgan fingerprint density at radius 2 is 1.78 bits per heavy atom. The lowest BCUT2D eigenvalue weighted by Gasteiger charge is -2.38. The van der Waals surface area contributed by atoms with Gasteiger partial charge in [-0.1, -0.05) is 71.9 Å². The molecule has 2 aliphatic rings. The maximum absolute atomic E-state index is 14.5. The van der Waals surface area contributed by atoms with E-state index in [4.69, 9.17) is 0 Å². The number of benzene rings is 2. The van der Waals surface area contributed by atoms with Crippen molar-refractivity contribution in [3.63, 3.8) is 0 Å². The van der Waals surface area contributed by atoms with Gasteiger partial charge in [0.1, 0.15) is 17.8 Å². The molecule has 49 heavy (non-hydrogen) atoms. The highest BCUT2D eigenvalue weighted by Crippen LogP contribution is 2.42. The van der Waals surface area contributed by atoms with Gasteiger partial charge in [0.15, 0.2) is 5.01 Å². The van der Waals surface area contributed by atoms with Crippen molar-refractivity contribution in [3.8, 4) is 0 Å². The second-order valence-electron chi connectivity index (χ2n) is 15.1. The van der Waals surface area contributed by atoms with E-state index in [1.807, 2.05) is 90.1 Å². The molecular formula is C37H44N6O5S. The molecule has 0 unspecified atom stereocenters. The van der Waals surface area contributed by atoms with Crippen LogP contribution < -0.4 is 16.0 Å². The van der Waals surface area contributed by atoms with Crippen LogP contribution in [0.1, 0.15) is 74.7 Å². The summed E-state index contributed by atoms with van der Waals surface area (Å²) in [6.07, 6.45) is 0.673. The summed E-state index contributed by atoms with van der Waals surface area (Å²) < 4.78 is 0.847. The van der Waals surface area contributed by atoms with Crippen molar-refractivity contribution >= 4 is 61.9 Å². The molecule has 5 atom stereocenters. The fourth-order valence-electron chi connectivity index (χ4n) is 6.99. The number of carbonyl (C=O) groups is 5. The number of para-hydroxylation sites is 2. The third kappa shape index (κ3) is 6.70. The zero-order valence-electron chi connectivity index (χ0n) is 28.8. The minimum absolute atomic E-state index is 0.0729. The SMILES string of the molecule is C[C@@H]1CN(C(=O)[C@@H](NC(=O)c2cc3ccccc3[nH]2)C(C)(C)C)[C@H](C(=O)N[C@@H](C[C@@H]2CCNC2=O)C(=O)c2nc3ccccc3s2)C1(C)C. The molecule has 4 N–H and O–H groups in total. The van der Waals surface area contributed by atoms with Crippen LogP contribution in [-0.4, -0.2) is 75.5 Å². The Morgan fingerprint density at radius 3 is 2.45 bits per heavy atom. The van der Waals surface area contributed by atoms with Crippen LogP contribution >= 0.6 is 11.3 Å². The molecule has 2 saturated heterocycles. The van der Waals surface area contributed by atoms with E-state index in [0.717, 1.165) is 15.6 Å². The van der Waals surface area contributed by atoms with Gasteiger partial charge in [-0.2, -0.15) is 0 Å². The summed E-state index contributed by atoms with van der Waals surface area (Å²) >= 11 is 1.25. The molecule has 0 radical (unpaired) electrons. The molecule has 2 fully saturated rings. The predicted molar refractivity (Wildman–Crippen MR) is 189 cm³/mol. The number of thiazole rings is 1. The quantitative estimate of drug-likeness (QED) is 0.188. The molecule has 4 aromatic rings. The lowest BCUT2D eigenvalue weighted by molar-refractivity contribution is -0.144. The highest BCUT2D eigenvalue weighted by Gasteiger charge is 2.54. The van der Waals surface area contributed by atoms with Gasteiger partial charge < -0.3 is 25.8 Å². The average molecular weight is 685 g/mol. The van der Waals surface area contributed by atoms with Crippen LogP contribution in [0.3, 0.4) is 0 Å². The van der Waals surface area contributed by atoms with Crippen LogP contribution in [0, 0.1) is 22.7 Å². The summed E-state index contributed by atoms with van der Waals surface area (Å²) in [6, 6.07) is 13.8. The molecule has 0 bridgehead atoms. The van der Waals surface area contributed by atoms with E-state index in [0.29, 0.717) is 30.7 Å². The van der Waals surface area contributed by atoms with Gasteiger partial charge >= 0.3 is 0 Å². The summed E-state index contributed by atoms with van der Waals surface area (Å²) in [7, 11) is 0. The zero-order valence-corrected chi connectivity index (χ0v) is 29.6. The maximum atomic E-state index is 14.5. The van der Waals surface area contributed by atoms with E-state index in [1.54, 1.807) is 11.0 Å². The first-order chi connectivity index (χ1) is 23.1. The normalized spacial score (nSPS) is 21.8. The number of nitrogens with zero attached hydrogens (tertiary/aromatic N) is 2. The number of hydrogen-bond acceptors (Lipinski definition) is 7. The van der Waals surface area contributed by atoms with E-state index < -0.39 is 46.7 Å². The minimum Gasteiger partial charge on any atom is -0.356 e. The van der Waals surface area contributed by atoms with Crippen molar-refractivity contribution in [2.45, 2.75) is 72.5 Å². The van der Waals surface area contributed by atoms with Crippen molar-refractivity contribution in [1.82, 2.24) is 30.8 Å². The Morgan fingerprint density at radius 1 is 1.06 bits per heavy atom. The minimum atomic E-state index is -1.02. The van der Waals surface area contributed by atoms with Crippen LogP contribution in [0.5, 0.6) is 0 Å². The molecule has 0 spiro atoms. The van der Waals surface area contributed by atoms with Crippen LogP contribution in [0.15, 0.2) is 54.6 Å². The molecule has 6 rings (SSSR count). The highest BCUT2D eigenvalue weighted by atomic mass is 32.1. The number of likely N-dealkylation sites (tertiary alicyclic amines) is 1. The van der Waals surface area contributed by atoms with Gasteiger partial charge in [0, 0.05) is 29.9 Å². The van der Waals surface area contributed by atoms with Crippen molar-refractivity contribution in [3.05, 3.63) is 65.3 Å². The second-order valence-corrected chi connectivity index (χ2v) is 16.1. The van der Waals surface area contributed by atoms with Gasteiger partial charge in [-0.3, -0.25) is 24.0 Å². The number of fused-ring (bicyclic) bond motifs is 2. The van der Waals surface area contributed by atoms with Crippen LogP contribution in [0.4, 0.5) is 0 Å². The molecule has 258 valence electrons. The van der Waals surface area contributed by atoms with Crippen molar-refractivity contribution in [2.24, 2.45) is 22.7 Å². The molecule has 2 aliphatic heterocycles. The van der Waals surface area contributed by atoms with Crippen LogP contribution in [-0.2, 0) is 14.4 Å². The fourth-order valence-corrected chi connectivity index (χ4v) is 7.95. The Kier molecular flexibility index (Phi) is 9.12. The number of ketones is 1. The van der Waals surface area contributed by atoms with E-state index in [-0.39, 0.29) is 34.9 Å². The van der Waals surface area contributed by atoms with Gasteiger partial charge in [-0.05, 0) is 53.9 Å². The van der Waals surface area contributed by atoms with Gasteiger partial charge in [0.25, 0.3) is 5.91 Å². The molecule has 0 aliphatic carbocycles. The Bertz CT molecular complexity index is 1870. The number of Topliss-reactive ketones (excluding diaryl/α,β-unsaturated/α-hetero) is 1. The Labute approximate surface area is 289 Å². The molecule has 2 aromatic carbocycles. The first kappa shape index (κ1) is 34.3. The van der Waals surface area contributed by atoms with Gasteiger partial charge in [-0.15, -0.1) is 11.3 Å². The summed E-state index contributed by atoms with van der Waals surface area (Å²) in [5.41, 5.74) is 0.460. The first-order valence-electron chi connectivity index (χ1n) is 16.8. The Balaban J connectivity index is 1.28. The summed E-state index contributed by atoms with van der Waals surface area (Å²) in [5, 5.41) is 9.89. The number of nitrogens with one attached hydrogen (secondary N) is 4. The summed E-state index contributed by atoms with van der Waals surface area (Å²) in [5.74, 6) is -2.31. The monoisotopic (exact) mass is 684 g/mol. The second kappa shape index (κ2) is 13.0. The van der Waals surface area contributed by atoms with Crippen molar-refractivity contribution < 1.29 is 24.0 Å². The molecule has 12 heteroatoms. The number of rotatable bonds is 9. The topological polar surface area (TPSA) is 153 Å². The van der Waals surface area contributed by atoms with E-state index in [9.17, 15) is 24.0 Å². The number of aromatic amines is 1. The van der Waals surface area contributed by atoms with E-state index in [1.165, 1.54) is 11.3 Å². The first-order valence-corrected chi connectivity index (χ1v) is 17.6. The van der Waals surface area contributed by atoms with Crippen LogP contribution in [0.2, 0.25) is 0 Å². The molecular weight excluding hydrogens is 641 g/mol. The van der Waals surface area contributed by atoms with Crippen molar-refractivity contribution in [1.29, 1.82) is 0 Å². The molecule has 11 nitrogen and oxygen atoms in total. The average Bonchev–Trinajstić information content (AvgIpc) is 3.83. The van der Waals surface area contributed by atoms with E-state index in [2.05, 4.69) is 25.9 Å². The van der Waals surface area contributed by atoms with Gasteiger partial charge in [0.2, 0.25) is 23.5 Å². The largest absolute Gasteiger partial charge is 0.356 e. The van der Waals surface area contributed by atoms with E-state index >= 15 is 0 Å². The predicted octanol–water partition coefficient (Wildman–Crippen LogP) is 4.69. The van der Waals surface area contributed by atoms with Gasteiger partial charge in [-0.25, -0.2) is 4.98 Å². The number of H-pyrrole nitrogens is 1. The Hall–Kier alpha value is -4.58. The lowest BCUT2D eigenvalue weighted by Crippen LogP contribution is -2.60. The highest BCUT2D eigenvalue weighted by molar-refractivity contribution is 7.20. The van der Waals surface area contributed by atoms with Crippen molar-refractivity contribution in [2.75, 3.05) is 13.1 Å². The number of hydrogen-bond donors (Lipinski definition) is 4.